The number of hydrogen-bond donors (Lipinski definition) is 0. The van der Waals surface area contributed by atoms with Crippen molar-refractivity contribution in [3.63, 3.8) is 0 Å². The lowest BCUT2D eigenvalue weighted by atomic mass is 10.3. The molecule has 64 valence electrons. The normalized spacial score (nSPS) is 42.0. The summed E-state index contributed by atoms with van der Waals surface area (Å²) in [5.41, 5.74) is 0. The Morgan fingerprint density at radius 1 is 0.700 bits per heavy atom. The van der Waals surface area contributed by atoms with Crippen LogP contribution in [0.15, 0.2) is 0 Å². The minimum Gasteiger partial charge on any atom is -0.0516 e. The predicted molar refractivity (Wildman–Crippen MR) is 54.6 cm³/mol. The lowest BCUT2D eigenvalue weighted by molar-refractivity contribution is 0.758. The molecule has 0 amide bonds. The Balaban J connectivity index is 2.85. The van der Waals surface area contributed by atoms with E-state index in [2.05, 4.69) is 0 Å². The van der Waals surface area contributed by atoms with Gasteiger partial charge in [-0.05, 0) is 60.7 Å². The number of hydrogen-bond acceptors (Lipinski definition) is 0. The molecule has 5 heteroatoms. The molecule has 0 N–H and O–H groups in total. The molecule has 0 aromatic carbocycles. The van der Waals surface area contributed by atoms with Crippen LogP contribution in [0.1, 0.15) is 19.3 Å². The van der Waals surface area contributed by atoms with Crippen LogP contribution < -0.4 is 0 Å². The maximum Gasteiger partial charge on any atom is 0.0106 e. The van der Waals surface area contributed by atoms with E-state index in [1.807, 2.05) is 0 Å². The van der Waals surface area contributed by atoms with Gasteiger partial charge in [0.1, 0.15) is 0 Å². The molecule has 1 saturated heterocycles. The van der Waals surface area contributed by atoms with Crippen molar-refractivity contribution in [2.75, 3.05) is 11.5 Å². The van der Waals surface area contributed by atoms with Crippen molar-refractivity contribution in [3.8, 4) is 0 Å². The zero-order valence-electron chi connectivity index (χ0n) is 5.46. The Labute approximate surface area is 78.4 Å². The van der Waals surface area contributed by atoms with Gasteiger partial charge in [0, 0.05) is 11.5 Å². The van der Waals surface area contributed by atoms with Crippen molar-refractivity contribution in [1.29, 1.82) is 0 Å². The van der Waals surface area contributed by atoms with E-state index in [0.717, 1.165) is 19.3 Å². The van der Waals surface area contributed by atoms with Gasteiger partial charge in [-0.25, -0.2) is 0 Å². The van der Waals surface area contributed by atoms with Crippen molar-refractivity contribution in [2.24, 2.45) is 0 Å². The first-order valence-corrected chi connectivity index (χ1v) is 9.29. The highest BCUT2D eigenvalue weighted by molar-refractivity contribution is 9.13. The van der Waals surface area contributed by atoms with Crippen molar-refractivity contribution in [2.45, 2.75) is 19.3 Å². The fourth-order valence-electron chi connectivity index (χ4n) is 1.12. The first-order valence-electron chi connectivity index (χ1n) is 3.19. The molecule has 0 atom stereocenters. The van der Waals surface area contributed by atoms with Gasteiger partial charge in [-0.15, -0.1) is 0 Å². The standard InChI is InChI=1S/C5H10Cl4S/c6-10(7,8,9)4-2-1-3-5-10/h1-5H2. The molecule has 0 radical (unpaired) electrons. The fraction of sp³-hybridized carbons (Fsp3) is 1.00. The topological polar surface area (TPSA) is 0 Å². The Morgan fingerprint density at radius 2 is 1.10 bits per heavy atom. The smallest absolute Gasteiger partial charge is 0.0106 e. The number of halogens is 4. The Morgan fingerprint density at radius 3 is 1.30 bits per heavy atom. The van der Waals surface area contributed by atoms with E-state index in [1.54, 1.807) is 0 Å². The number of rotatable bonds is 0. The van der Waals surface area contributed by atoms with Crippen molar-refractivity contribution < 1.29 is 0 Å². The second-order valence-corrected chi connectivity index (χ2v) is 20.2. The lowest BCUT2D eigenvalue weighted by Gasteiger charge is -2.59. The monoisotopic (exact) mass is 242 g/mol. The van der Waals surface area contributed by atoms with Gasteiger partial charge < -0.3 is 0 Å². The van der Waals surface area contributed by atoms with Gasteiger partial charge in [0.05, 0.1) is 0 Å². The highest BCUT2D eigenvalue weighted by Gasteiger charge is 2.54. The van der Waals surface area contributed by atoms with Crippen LogP contribution >= 0.6 is 47.9 Å². The average molecular weight is 244 g/mol. The van der Waals surface area contributed by atoms with Crippen LogP contribution in [0.4, 0.5) is 0 Å². The maximum absolute atomic E-state index is 6.00. The maximum atomic E-state index is 6.00. The molecule has 1 rings (SSSR count). The van der Waals surface area contributed by atoms with E-state index < -0.39 is 5.15 Å². The van der Waals surface area contributed by atoms with Gasteiger partial charge in [-0.3, -0.25) is 0 Å². The highest BCUT2D eigenvalue weighted by Crippen LogP contribution is 3.06. The minimum absolute atomic E-state index is 0.562. The van der Waals surface area contributed by atoms with E-state index in [0.29, 0.717) is 11.5 Å². The quantitative estimate of drug-likeness (QED) is 0.581. The summed E-state index contributed by atoms with van der Waals surface area (Å²) < 4.78 is 0. The molecule has 0 unspecified atom stereocenters. The third kappa shape index (κ3) is 2.86. The molecule has 1 aliphatic rings. The third-order valence-electron chi connectivity index (χ3n) is 1.69. The summed E-state index contributed by atoms with van der Waals surface area (Å²) in [4.78, 5) is 0. The van der Waals surface area contributed by atoms with Crippen LogP contribution in [0, 0.1) is 0 Å². The minimum atomic E-state index is -3.59. The molecule has 0 bridgehead atoms. The Kier molecular flexibility index (Phi) is 1.97. The van der Waals surface area contributed by atoms with Gasteiger partial charge >= 0.3 is 0 Å². The summed E-state index contributed by atoms with van der Waals surface area (Å²) in [5, 5.41) is -3.59. The SMILES string of the molecule is ClS1(Cl)(Cl)(Cl)CCCCC1. The molecule has 1 fully saturated rings. The first kappa shape index (κ1) is 9.60. The van der Waals surface area contributed by atoms with Gasteiger partial charge in [0.2, 0.25) is 0 Å². The van der Waals surface area contributed by atoms with Gasteiger partial charge in [0.15, 0.2) is 0 Å². The molecular formula is C5H10Cl4S. The van der Waals surface area contributed by atoms with Gasteiger partial charge in [0.25, 0.3) is 0 Å². The Bertz CT molecular complexity index is 143. The van der Waals surface area contributed by atoms with Crippen LogP contribution in [0.25, 0.3) is 0 Å². The summed E-state index contributed by atoms with van der Waals surface area (Å²) in [6.45, 7) is 0. The Hall–Kier alpha value is 1.51. The van der Waals surface area contributed by atoms with Crippen LogP contribution in [0.2, 0.25) is 0 Å². The predicted octanol–water partition coefficient (Wildman–Crippen LogP) is 4.66. The van der Waals surface area contributed by atoms with Crippen molar-refractivity contribution >= 4 is 47.9 Å². The van der Waals surface area contributed by atoms with E-state index >= 15 is 0 Å². The molecular weight excluding hydrogens is 234 g/mol. The molecule has 10 heavy (non-hydrogen) atoms. The highest BCUT2D eigenvalue weighted by atomic mass is 36.4. The summed E-state index contributed by atoms with van der Waals surface area (Å²) in [6, 6.07) is 0. The van der Waals surface area contributed by atoms with Crippen LogP contribution in [0.5, 0.6) is 0 Å². The molecule has 0 saturated carbocycles. The van der Waals surface area contributed by atoms with Crippen LogP contribution in [-0.2, 0) is 0 Å². The van der Waals surface area contributed by atoms with E-state index in [4.69, 9.17) is 42.7 Å². The molecule has 1 heterocycles. The summed E-state index contributed by atoms with van der Waals surface area (Å²) in [7, 11) is 24.0. The third-order valence-corrected chi connectivity index (χ3v) is 7.79. The molecule has 0 nitrogen and oxygen atoms in total. The average Bonchev–Trinajstić information content (AvgIpc) is 1.60. The summed E-state index contributed by atoms with van der Waals surface area (Å²) in [5.74, 6) is 1.12. The summed E-state index contributed by atoms with van der Waals surface area (Å²) >= 11 is 0. The van der Waals surface area contributed by atoms with Gasteiger partial charge in [-0.2, -0.15) is 0 Å². The van der Waals surface area contributed by atoms with E-state index in [-0.39, 0.29) is 0 Å². The largest absolute Gasteiger partial charge is 0.0516 e. The van der Waals surface area contributed by atoms with Gasteiger partial charge in [-0.1, -0.05) is 6.42 Å². The first-order chi connectivity index (χ1) is 4.21. The zero-order valence-corrected chi connectivity index (χ0v) is 9.30. The lowest BCUT2D eigenvalue weighted by Crippen LogP contribution is -2.21. The van der Waals surface area contributed by atoms with Crippen LogP contribution in [0.3, 0.4) is 0 Å². The molecule has 0 aromatic rings. The van der Waals surface area contributed by atoms with E-state index in [1.165, 1.54) is 0 Å². The summed E-state index contributed by atoms with van der Waals surface area (Å²) in [6.07, 6.45) is 3.03. The van der Waals surface area contributed by atoms with Crippen molar-refractivity contribution in [1.82, 2.24) is 0 Å². The molecule has 1 aliphatic heterocycles. The molecule has 0 spiro atoms. The van der Waals surface area contributed by atoms with Crippen molar-refractivity contribution in [3.05, 3.63) is 0 Å². The molecule has 0 aliphatic carbocycles. The second kappa shape index (κ2) is 2.05. The fourth-order valence-corrected chi connectivity index (χ4v) is 5.64. The van der Waals surface area contributed by atoms with E-state index in [9.17, 15) is 0 Å². The van der Waals surface area contributed by atoms with Crippen LogP contribution in [-0.4, -0.2) is 11.5 Å². The second-order valence-electron chi connectivity index (χ2n) is 2.90. The zero-order chi connectivity index (χ0) is 7.94. The molecule has 0 aromatic heterocycles.